The Bertz CT molecular complexity index is 588. The van der Waals surface area contributed by atoms with E-state index in [1.807, 2.05) is 11.3 Å². The van der Waals surface area contributed by atoms with Crippen molar-refractivity contribution in [2.45, 2.75) is 45.6 Å². The lowest BCUT2D eigenvalue weighted by molar-refractivity contribution is 0.465. The maximum Gasteiger partial charge on any atom is 0.0975 e. The summed E-state index contributed by atoms with van der Waals surface area (Å²) < 4.78 is 0. The van der Waals surface area contributed by atoms with E-state index < -0.39 is 0 Å². The maximum absolute atomic E-state index is 4.94. The molecule has 1 atom stereocenters. The molecule has 0 saturated heterocycles. The minimum Gasteiger partial charge on any atom is -0.309 e. The van der Waals surface area contributed by atoms with Gasteiger partial charge in [0, 0.05) is 11.3 Å². The molecule has 0 aliphatic heterocycles. The zero-order chi connectivity index (χ0) is 13.9. The van der Waals surface area contributed by atoms with Crippen molar-refractivity contribution in [1.82, 2.24) is 10.3 Å². The number of hydrogen-bond donors (Lipinski definition) is 1. The lowest BCUT2D eigenvalue weighted by Crippen LogP contribution is -2.24. The molecule has 0 saturated carbocycles. The average Bonchev–Trinajstić information content (AvgIpc) is 2.85. The van der Waals surface area contributed by atoms with Crippen molar-refractivity contribution in [1.29, 1.82) is 0 Å². The number of nitrogens with zero attached hydrogens (tertiary/aromatic N) is 1. The molecule has 1 aliphatic rings. The van der Waals surface area contributed by atoms with Crippen LogP contribution in [0.4, 0.5) is 0 Å². The molecule has 0 radical (unpaired) electrons. The molecule has 3 heteroatoms. The monoisotopic (exact) mass is 286 g/mol. The summed E-state index contributed by atoms with van der Waals surface area (Å²) in [6.45, 7) is 5.38. The van der Waals surface area contributed by atoms with E-state index in [-0.39, 0.29) is 0 Å². The molecule has 1 N–H and O–H groups in total. The second-order valence-corrected chi connectivity index (χ2v) is 6.69. The van der Waals surface area contributed by atoms with Crippen LogP contribution in [0.25, 0.3) is 0 Å². The summed E-state index contributed by atoms with van der Waals surface area (Å²) in [6, 6.07) is 9.11. The molecule has 1 aromatic heterocycles. The first kappa shape index (κ1) is 13.8. The van der Waals surface area contributed by atoms with Crippen LogP contribution in [0.15, 0.2) is 24.3 Å². The first-order valence-corrected chi connectivity index (χ1v) is 8.36. The predicted octanol–water partition coefficient (Wildman–Crippen LogP) is 4.03. The second kappa shape index (κ2) is 6.06. The molecule has 0 spiro atoms. The number of hydrogen-bond acceptors (Lipinski definition) is 3. The van der Waals surface area contributed by atoms with Crippen LogP contribution in [0.5, 0.6) is 0 Å². The zero-order valence-corrected chi connectivity index (χ0v) is 13.1. The fourth-order valence-corrected chi connectivity index (χ4v) is 4.16. The van der Waals surface area contributed by atoms with Crippen molar-refractivity contribution in [3.8, 4) is 0 Å². The van der Waals surface area contributed by atoms with Gasteiger partial charge in [-0.25, -0.2) is 4.98 Å². The molecule has 2 nitrogen and oxygen atoms in total. The van der Waals surface area contributed by atoms with E-state index in [2.05, 4.69) is 43.4 Å². The lowest BCUT2D eigenvalue weighted by atomic mass is 9.97. The number of thiazole rings is 1. The zero-order valence-electron chi connectivity index (χ0n) is 12.3. The van der Waals surface area contributed by atoms with Crippen LogP contribution in [-0.4, -0.2) is 11.5 Å². The number of fused-ring (bicyclic) bond motifs is 1. The molecule has 20 heavy (non-hydrogen) atoms. The van der Waals surface area contributed by atoms with Gasteiger partial charge in [0.1, 0.15) is 0 Å². The van der Waals surface area contributed by atoms with E-state index in [9.17, 15) is 0 Å². The van der Waals surface area contributed by atoms with Crippen LogP contribution in [0, 0.1) is 6.92 Å². The number of rotatable bonds is 4. The SMILES string of the molecule is CCNC1CCCc2sc(Cc3ccccc3C)nc21. The molecule has 2 aromatic rings. The van der Waals surface area contributed by atoms with Gasteiger partial charge in [0.2, 0.25) is 0 Å². The highest BCUT2D eigenvalue weighted by Crippen LogP contribution is 2.34. The largest absolute Gasteiger partial charge is 0.309 e. The Morgan fingerprint density at radius 3 is 3.00 bits per heavy atom. The van der Waals surface area contributed by atoms with Gasteiger partial charge < -0.3 is 5.32 Å². The molecule has 106 valence electrons. The third-order valence-electron chi connectivity index (χ3n) is 4.05. The molecule has 1 unspecified atom stereocenters. The fourth-order valence-electron chi connectivity index (χ4n) is 2.96. The molecular weight excluding hydrogens is 264 g/mol. The van der Waals surface area contributed by atoms with E-state index in [4.69, 9.17) is 4.98 Å². The summed E-state index contributed by atoms with van der Waals surface area (Å²) in [5, 5.41) is 4.85. The van der Waals surface area contributed by atoms with E-state index in [0.29, 0.717) is 6.04 Å². The lowest BCUT2D eigenvalue weighted by Gasteiger charge is -2.21. The predicted molar refractivity (Wildman–Crippen MR) is 85.5 cm³/mol. The van der Waals surface area contributed by atoms with Gasteiger partial charge in [-0.15, -0.1) is 11.3 Å². The normalized spacial score (nSPS) is 18.0. The van der Waals surface area contributed by atoms with E-state index in [1.165, 1.54) is 46.0 Å². The Morgan fingerprint density at radius 2 is 2.20 bits per heavy atom. The fraction of sp³-hybridized carbons (Fsp3) is 0.471. The Hall–Kier alpha value is -1.19. The maximum atomic E-state index is 4.94. The molecular formula is C17H22N2S. The molecule has 0 bridgehead atoms. The van der Waals surface area contributed by atoms with Gasteiger partial charge in [-0.3, -0.25) is 0 Å². The van der Waals surface area contributed by atoms with Crippen LogP contribution >= 0.6 is 11.3 Å². The first-order chi connectivity index (χ1) is 9.78. The van der Waals surface area contributed by atoms with Crippen molar-refractivity contribution >= 4 is 11.3 Å². The van der Waals surface area contributed by atoms with Crippen LogP contribution in [0.1, 0.15) is 52.5 Å². The summed E-state index contributed by atoms with van der Waals surface area (Å²) in [6.07, 6.45) is 4.71. The Labute approximate surface area is 125 Å². The Balaban J connectivity index is 1.84. The summed E-state index contributed by atoms with van der Waals surface area (Å²) in [7, 11) is 0. The molecule has 1 aromatic carbocycles. The highest BCUT2D eigenvalue weighted by Gasteiger charge is 2.23. The van der Waals surface area contributed by atoms with Crippen LogP contribution in [0.2, 0.25) is 0 Å². The van der Waals surface area contributed by atoms with Gasteiger partial charge in [-0.05, 0) is 43.9 Å². The van der Waals surface area contributed by atoms with Crippen molar-refractivity contribution < 1.29 is 0 Å². The Kier molecular flexibility index (Phi) is 4.18. The minimum absolute atomic E-state index is 0.477. The quantitative estimate of drug-likeness (QED) is 0.918. The molecule has 1 aliphatic carbocycles. The third kappa shape index (κ3) is 2.79. The van der Waals surface area contributed by atoms with Crippen LogP contribution < -0.4 is 5.32 Å². The standard InChI is InChI=1S/C17H22N2S/c1-3-18-14-9-6-10-15-17(14)19-16(20-15)11-13-8-5-4-7-12(13)2/h4-5,7-8,14,18H,3,6,9-11H2,1-2H3. The molecule has 1 heterocycles. The number of aryl methyl sites for hydroxylation is 2. The summed E-state index contributed by atoms with van der Waals surface area (Å²) in [5.74, 6) is 0. The number of aromatic nitrogens is 1. The van der Waals surface area contributed by atoms with Gasteiger partial charge >= 0.3 is 0 Å². The summed E-state index contributed by atoms with van der Waals surface area (Å²) in [5.41, 5.74) is 4.09. The van der Waals surface area contributed by atoms with E-state index >= 15 is 0 Å². The highest BCUT2D eigenvalue weighted by molar-refractivity contribution is 7.11. The van der Waals surface area contributed by atoms with Crippen molar-refractivity contribution in [2.75, 3.05) is 6.54 Å². The second-order valence-electron chi connectivity index (χ2n) is 5.52. The van der Waals surface area contributed by atoms with Gasteiger partial charge in [0.15, 0.2) is 0 Å². The molecule has 3 rings (SSSR count). The molecule has 0 fully saturated rings. The Morgan fingerprint density at radius 1 is 1.35 bits per heavy atom. The third-order valence-corrected chi connectivity index (χ3v) is 5.18. The van der Waals surface area contributed by atoms with Crippen molar-refractivity contribution in [2.24, 2.45) is 0 Å². The van der Waals surface area contributed by atoms with Crippen LogP contribution in [0.3, 0.4) is 0 Å². The van der Waals surface area contributed by atoms with Crippen molar-refractivity contribution in [3.63, 3.8) is 0 Å². The van der Waals surface area contributed by atoms with E-state index in [0.717, 1.165) is 13.0 Å². The highest BCUT2D eigenvalue weighted by atomic mass is 32.1. The first-order valence-electron chi connectivity index (χ1n) is 7.54. The van der Waals surface area contributed by atoms with Gasteiger partial charge in [0.05, 0.1) is 16.7 Å². The smallest absolute Gasteiger partial charge is 0.0975 e. The van der Waals surface area contributed by atoms with Gasteiger partial charge in [0.25, 0.3) is 0 Å². The molecule has 0 amide bonds. The number of nitrogens with one attached hydrogen (secondary N) is 1. The average molecular weight is 286 g/mol. The number of benzene rings is 1. The topological polar surface area (TPSA) is 24.9 Å². The van der Waals surface area contributed by atoms with Gasteiger partial charge in [-0.2, -0.15) is 0 Å². The van der Waals surface area contributed by atoms with Crippen molar-refractivity contribution in [3.05, 3.63) is 51.0 Å². The van der Waals surface area contributed by atoms with Gasteiger partial charge in [-0.1, -0.05) is 31.2 Å². The summed E-state index contributed by atoms with van der Waals surface area (Å²) >= 11 is 1.92. The minimum atomic E-state index is 0.477. The summed E-state index contributed by atoms with van der Waals surface area (Å²) in [4.78, 5) is 6.45. The van der Waals surface area contributed by atoms with Crippen LogP contribution in [-0.2, 0) is 12.8 Å². The van der Waals surface area contributed by atoms with E-state index in [1.54, 1.807) is 0 Å².